The van der Waals surface area contributed by atoms with Crippen molar-refractivity contribution in [3.05, 3.63) is 79.5 Å². The minimum atomic E-state index is -0.852. The third-order valence-electron chi connectivity index (χ3n) is 3.99. The van der Waals surface area contributed by atoms with Crippen LogP contribution >= 0.6 is 0 Å². The Morgan fingerprint density at radius 3 is 2.17 bits per heavy atom. The summed E-state index contributed by atoms with van der Waals surface area (Å²) in [5.74, 6) is 4.64. The summed E-state index contributed by atoms with van der Waals surface area (Å²) in [5.41, 5.74) is -0.811. The number of nitrogens with two attached hydrogens (primary N) is 1. The quantitative estimate of drug-likeness (QED) is 0.450. The molecule has 0 radical (unpaired) electrons. The normalized spacial score (nSPS) is 13.0. The molecule has 1 aliphatic carbocycles. The second-order valence-corrected chi connectivity index (χ2v) is 5.22. The maximum atomic E-state index is 12.8. The van der Waals surface area contributed by atoms with Crippen molar-refractivity contribution in [2.45, 2.75) is 0 Å². The molecule has 0 fully saturated rings. The molecule has 7 heteroatoms. The molecular formula is C16H9N3O4. The van der Waals surface area contributed by atoms with E-state index >= 15 is 0 Å². The average molecular weight is 307 g/mol. The van der Waals surface area contributed by atoms with E-state index in [9.17, 15) is 19.2 Å². The summed E-state index contributed by atoms with van der Waals surface area (Å²) in [6.07, 6.45) is 0. The first kappa shape index (κ1) is 13.2. The van der Waals surface area contributed by atoms with Gasteiger partial charge in [0.1, 0.15) is 0 Å². The minimum absolute atomic E-state index is 0.0287. The molecule has 1 aromatic heterocycles. The lowest BCUT2D eigenvalue weighted by Crippen LogP contribution is -2.41. The molecule has 2 aromatic carbocycles. The Bertz CT molecular complexity index is 1150. The van der Waals surface area contributed by atoms with Gasteiger partial charge < -0.3 is 10.8 Å². The first-order valence-electron chi connectivity index (χ1n) is 6.76. The molecular weight excluding hydrogens is 298 g/mol. The fourth-order valence-corrected chi connectivity index (χ4v) is 2.88. The SMILES string of the molecule is Nn1c(=O)[nH]c2c3c(ccc2c1=O)C(=O)c1ccccc1C3=O. The lowest BCUT2D eigenvalue weighted by molar-refractivity contribution is 0.0980. The van der Waals surface area contributed by atoms with Gasteiger partial charge in [-0.05, 0) is 12.1 Å². The smallest absolute Gasteiger partial charge is 0.332 e. The van der Waals surface area contributed by atoms with Crippen molar-refractivity contribution in [2.75, 3.05) is 5.84 Å². The van der Waals surface area contributed by atoms with E-state index in [0.29, 0.717) is 10.2 Å². The molecule has 0 unspecified atom stereocenters. The molecule has 0 saturated heterocycles. The Hall–Kier alpha value is -3.48. The van der Waals surface area contributed by atoms with Gasteiger partial charge in [0.2, 0.25) is 0 Å². The number of aromatic nitrogens is 2. The van der Waals surface area contributed by atoms with Gasteiger partial charge in [-0.3, -0.25) is 14.4 Å². The number of nitrogens with one attached hydrogen (secondary N) is 1. The van der Waals surface area contributed by atoms with Crippen molar-refractivity contribution in [3.8, 4) is 0 Å². The van der Waals surface area contributed by atoms with E-state index in [1.807, 2.05) is 0 Å². The summed E-state index contributed by atoms with van der Waals surface area (Å²) >= 11 is 0. The highest BCUT2D eigenvalue weighted by atomic mass is 16.2. The molecule has 0 atom stereocenters. The maximum Gasteiger partial charge on any atom is 0.347 e. The van der Waals surface area contributed by atoms with E-state index in [2.05, 4.69) is 4.98 Å². The van der Waals surface area contributed by atoms with Gasteiger partial charge in [0.25, 0.3) is 5.56 Å². The minimum Gasteiger partial charge on any atom is -0.332 e. The van der Waals surface area contributed by atoms with Gasteiger partial charge in [-0.15, -0.1) is 0 Å². The van der Waals surface area contributed by atoms with Crippen LogP contribution in [0.2, 0.25) is 0 Å². The van der Waals surface area contributed by atoms with Crippen LogP contribution in [0.25, 0.3) is 10.9 Å². The lowest BCUT2D eigenvalue weighted by Gasteiger charge is -2.18. The first-order chi connectivity index (χ1) is 11.0. The predicted molar refractivity (Wildman–Crippen MR) is 82.3 cm³/mol. The van der Waals surface area contributed by atoms with Gasteiger partial charge in [-0.1, -0.05) is 24.3 Å². The Balaban J connectivity index is 2.20. The first-order valence-corrected chi connectivity index (χ1v) is 6.76. The van der Waals surface area contributed by atoms with Crippen molar-refractivity contribution < 1.29 is 9.59 Å². The number of H-pyrrole nitrogens is 1. The summed E-state index contributed by atoms with van der Waals surface area (Å²) < 4.78 is 0.428. The summed E-state index contributed by atoms with van der Waals surface area (Å²) in [6.45, 7) is 0. The van der Waals surface area contributed by atoms with E-state index in [0.717, 1.165) is 0 Å². The number of nitrogen functional groups attached to an aromatic ring is 1. The molecule has 0 aliphatic heterocycles. The third-order valence-corrected chi connectivity index (χ3v) is 3.99. The monoisotopic (exact) mass is 307 g/mol. The van der Waals surface area contributed by atoms with Gasteiger partial charge in [-0.25, -0.2) is 4.79 Å². The standard InChI is InChI=1S/C16H9N3O4/c17-19-15(22)10-6-5-9-11(12(10)18-16(19)23)14(21)8-4-2-1-3-7(8)13(9)20/h1-6H,17H2,(H,18,23). The number of ketones is 2. The molecule has 0 spiro atoms. The largest absolute Gasteiger partial charge is 0.347 e. The number of fused-ring (bicyclic) bond motifs is 4. The number of rotatable bonds is 0. The van der Waals surface area contributed by atoms with Gasteiger partial charge in [-0.2, -0.15) is 4.68 Å². The van der Waals surface area contributed by atoms with Crippen LogP contribution in [0.5, 0.6) is 0 Å². The fraction of sp³-hybridized carbons (Fsp3) is 0. The number of aromatic amines is 1. The van der Waals surface area contributed by atoms with Gasteiger partial charge in [0.15, 0.2) is 11.6 Å². The lowest BCUT2D eigenvalue weighted by atomic mass is 9.83. The van der Waals surface area contributed by atoms with E-state index in [1.165, 1.54) is 12.1 Å². The van der Waals surface area contributed by atoms with Crippen molar-refractivity contribution in [3.63, 3.8) is 0 Å². The number of hydrogen-bond acceptors (Lipinski definition) is 5. The molecule has 23 heavy (non-hydrogen) atoms. The van der Waals surface area contributed by atoms with E-state index in [4.69, 9.17) is 5.84 Å². The molecule has 3 aromatic rings. The number of carbonyl (C=O) groups is 2. The Morgan fingerprint density at radius 1 is 0.826 bits per heavy atom. The molecule has 0 amide bonds. The van der Waals surface area contributed by atoms with Crippen LogP contribution in [0.4, 0.5) is 0 Å². The van der Waals surface area contributed by atoms with Gasteiger partial charge >= 0.3 is 5.69 Å². The Morgan fingerprint density at radius 2 is 1.48 bits per heavy atom. The summed E-state index contributed by atoms with van der Waals surface area (Å²) in [4.78, 5) is 51.6. The van der Waals surface area contributed by atoms with E-state index in [1.54, 1.807) is 24.3 Å². The number of nitrogens with zero attached hydrogens (tertiary/aromatic N) is 1. The topological polar surface area (TPSA) is 115 Å². The molecule has 0 bridgehead atoms. The highest BCUT2D eigenvalue weighted by Crippen LogP contribution is 2.30. The van der Waals surface area contributed by atoms with Gasteiger partial charge in [0.05, 0.1) is 16.5 Å². The molecule has 1 aliphatic rings. The third kappa shape index (κ3) is 1.58. The zero-order valence-electron chi connectivity index (χ0n) is 11.6. The van der Waals surface area contributed by atoms with Crippen molar-refractivity contribution >= 4 is 22.5 Å². The second kappa shape index (κ2) is 4.26. The van der Waals surface area contributed by atoms with E-state index in [-0.39, 0.29) is 33.4 Å². The summed E-state index contributed by atoms with van der Waals surface area (Å²) in [5, 5.41) is 0.0754. The van der Waals surface area contributed by atoms with Crippen LogP contribution in [-0.4, -0.2) is 21.2 Å². The second-order valence-electron chi connectivity index (χ2n) is 5.22. The number of hydrogen-bond donors (Lipinski definition) is 2. The number of carbonyl (C=O) groups excluding carboxylic acids is 2. The highest BCUT2D eigenvalue weighted by molar-refractivity contribution is 6.31. The van der Waals surface area contributed by atoms with Crippen LogP contribution < -0.4 is 17.1 Å². The molecule has 4 rings (SSSR count). The molecule has 112 valence electrons. The Kier molecular flexibility index (Phi) is 2.45. The fourth-order valence-electron chi connectivity index (χ4n) is 2.88. The zero-order chi connectivity index (χ0) is 16.3. The van der Waals surface area contributed by atoms with Crippen LogP contribution in [0.3, 0.4) is 0 Å². The van der Waals surface area contributed by atoms with Gasteiger partial charge in [0, 0.05) is 16.7 Å². The zero-order valence-corrected chi connectivity index (χ0v) is 11.6. The predicted octanol–water partition coefficient (Wildman–Crippen LogP) is 0.179. The molecule has 1 heterocycles. The summed E-state index contributed by atoms with van der Waals surface area (Å²) in [7, 11) is 0. The molecule has 7 nitrogen and oxygen atoms in total. The highest BCUT2D eigenvalue weighted by Gasteiger charge is 2.31. The maximum absolute atomic E-state index is 12.8. The van der Waals surface area contributed by atoms with Crippen molar-refractivity contribution in [2.24, 2.45) is 0 Å². The van der Waals surface area contributed by atoms with E-state index < -0.39 is 17.0 Å². The van der Waals surface area contributed by atoms with Crippen LogP contribution in [0.15, 0.2) is 46.0 Å². The van der Waals surface area contributed by atoms with Crippen molar-refractivity contribution in [1.82, 2.24) is 9.66 Å². The molecule has 0 saturated carbocycles. The average Bonchev–Trinajstić information content (AvgIpc) is 2.57. The van der Waals surface area contributed by atoms with Crippen LogP contribution in [-0.2, 0) is 0 Å². The van der Waals surface area contributed by atoms with Crippen LogP contribution in [0, 0.1) is 0 Å². The Labute approximate surface area is 127 Å². The van der Waals surface area contributed by atoms with Crippen molar-refractivity contribution in [1.29, 1.82) is 0 Å². The van der Waals surface area contributed by atoms with Crippen LogP contribution in [0.1, 0.15) is 31.8 Å². The molecule has 3 N–H and O–H groups in total. The number of benzene rings is 2. The summed E-state index contributed by atoms with van der Waals surface area (Å²) in [6, 6.07) is 9.23.